The molecule has 0 atom stereocenters. The van der Waals surface area contributed by atoms with Crippen LogP contribution in [0.15, 0.2) is 36.5 Å². The number of halogens is 1. The Morgan fingerprint density at radius 3 is 2.90 bits per heavy atom. The number of carbonyl (C=O) groups is 1. The smallest absolute Gasteiger partial charge is 0.254 e. The maximum Gasteiger partial charge on any atom is 0.254 e. The van der Waals surface area contributed by atoms with Crippen molar-refractivity contribution in [1.29, 1.82) is 0 Å². The van der Waals surface area contributed by atoms with Crippen LogP contribution < -0.4 is 15.4 Å². The zero-order chi connectivity index (χ0) is 15.2. The number of nitrogens with zero attached hydrogens (tertiary/aromatic N) is 1. The molecular formula is C15H16FN3O2. The molecule has 110 valence electrons. The van der Waals surface area contributed by atoms with Gasteiger partial charge in [-0.3, -0.25) is 4.79 Å². The summed E-state index contributed by atoms with van der Waals surface area (Å²) in [5.74, 6) is -0.407. The van der Waals surface area contributed by atoms with Crippen LogP contribution in [0.2, 0.25) is 0 Å². The second kappa shape index (κ2) is 6.69. The van der Waals surface area contributed by atoms with Crippen LogP contribution >= 0.6 is 0 Å². The van der Waals surface area contributed by atoms with Crippen molar-refractivity contribution in [3.8, 4) is 5.75 Å². The number of carbonyl (C=O) groups excluding carboxylic acids is 1. The fourth-order valence-electron chi connectivity index (χ4n) is 1.85. The van der Waals surface area contributed by atoms with Crippen molar-refractivity contribution in [3.05, 3.63) is 53.5 Å². The molecule has 0 radical (unpaired) electrons. The number of aromatic nitrogens is 1. The van der Waals surface area contributed by atoms with E-state index in [1.807, 2.05) is 24.3 Å². The molecule has 0 bridgehead atoms. The third-order valence-electron chi connectivity index (χ3n) is 2.96. The van der Waals surface area contributed by atoms with E-state index >= 15 is 0 Å². The van der Waals surface area contributed by atoms with Gasteiger partial charge in [-0.2, -0.15) is 0 Å². The van der Waals surface area contributed by atoms with Crippen LogP contribution in [0.1, 0.15) is 15.9 Å². The molecule has 0 unspecified atom stereocenters. The molecule has 0 fully saturated rings. The second-order valence-electron chi connectivity index (χ2n) is 4.31. The van der Waals surface area contributed by atoms with E-state index in [0.29, 0.717) is 5.75 Å². The molecule has 0 spiro atoms. The highest BCUT2D eigenvalue weighted by atomic mass is 19.1. The molecule has 6 heteroatoms. The van der Waals surface area contributed by atoms with Crippen molar-refractivity contribution in [2.45, 2.75) is 6.54 Å². The Morgan fingerprint density at radius 1 is 1.38 bits per heavy atom. The van der Waals surface area contributed by atoms with E-state index in [4.69, 9.17) is 4.74 Å². The van der Waals surface area contributed by atoms with Gasteiger partial charge >= 0.3 is 0 Å². The average Bonchev–Trinajstić information content (AvgIpc) is 2.53. The lowest BCUT2D eigenvalue weighted by Crippen LogP contribution is -2.24. The van der Waals surface area contributed by atoms with E-state index in [9.17, 15) is 9.18 Å². The number of anilines is 1. The zero-order valence-electron chi connectivity index (χ0n) is 11.8. The van der Waals surface area contributed by atoms with E-state index in [2.05, 4.69) is 15.6 Å². The molecule has 1 aromatic heterocycles. The number of hydrogen-bond donors (Lipinski definition) is 2. The summed E-state index contributed by atoms with van der Waals surface area (Å²) < 4.78 is 19.1. The number of rotatable bonds is 5. The lowest BCUT2D eigenvalue weighted by atomic mass is 10.2. The van der Waals surface area contributed by atoms with Crippen molar-refractivity contribution in [3.63, 3.8) is 0 Å². The summed E-state index contributed by atoms with van der Waals surface area (Å²) >= 11 is 0. The zero-order valence-corrected chi connectivity index (χ0v) is 11.8. The molecule has 21 heavy (non-hydrogen) atoms. The molecule has 5 nitrogen and oxygen atoms in total. The Kier molecular flexibility index (Phi) is 4.71. The van der Waals surface area contributed by atoms with Gasteiger partial charge in [0.1, 0.15) is 5.75 Å². The summed E-state index contributed by atoms with van der Waals surface area (Å²) in [7, 11) is 3.12. The lowest BCUT2D eigenvalue weighted by Gasteiger charge is -2.09. The molecule has 2 rings (SSSR count). The van der Waals surface area contributed by atoms with E-state index in [0.717, 1.165) is 5.56 Å². The minimum absolute atomic E-state index is 0.0442. The van der Waals surface area contributed by atoms with E-state index < -0.39 is 11.7 Å². The number of ether oxygens (including phenoxy) is 1. The molecular weight excluding hydrogens is 273 g/mol. The van der Waals surface area contributed by atoms with Crippen LogP contribution in [-0.4, -0.2) is 25.0 Å². The third kappa shape index (κ3) is 3.47. The fraction of sp³-hybridized carbons (Fsp3) is 0.200. The van der Waals surface area contributed by atoms with Gasteiger partial charge in [-0.25, -0.2) is 9.37 Å². The van der Waals surface area contributed by atoms with E-state index in [1.54, 1.807) is 14.2 Å². The van der Waals surface area contributed by atoms with Crippen LogP contribution in [0.4, 0.5) is 10.2 Å². The normalized spacial score (nSPS) is 10.0. The molecule has 1 aromatic carbocycles. The minimum Gasteiger partial charge on any atom is -0.497 e. The maximum atomic E-state index is 14.0. The molecule has 0 saturated carbocycles. The molecule has 0 aliphatic heterocycles. The Morgan fingerprint density at radius 2 is 2.19 bits per heavy atom. The number of nitrogens with one attached hydrogen (secondary N) is 2. The van der Waals surface area contributed by atoms with Gasteiger partial charge in [0, 0.05) is 19.8 Å². The Hall–Kier alpha value is -2.63. The molecule has 2 aromatic rings. The van der Waals surface area contributed by atoms with Gasteiger partial charge in [-0.15, -0.1) is 0 Å². The highest BCUT2D eigenvalue weighted by Gasteiger charge is 2.15. The van der Waals surface area contributed by atoms with Crippen molar-refractivity contribution in [2.24, 2.45) is 0 Å². The standard InChI is InChI=1S/C15H16FN3O2/c1-17-14-13(16)12(6-7-18-14)15(20)19-9-10-4-3-5-11(8-10)21-2/h3-8H,9H2,1-2H3,(H,17,18)(H,19,20). The molecule has 1 heterocycles. The summed E-state index contributed by atoms with van der Waals surface area (Å²) in [5.41, 5.74) is 0.822. The Balaban J connectivity index is 2.08. The average molecular weight is 289 g/mol. The number of methoxy groups -OCH3 is 1. The summed E-state index contributed by atoms with van der Waals surface area (Å²) in [6.07, 6.45) is 1.38. The summed E-state index contributed by atoms with van der Waals surface area (Å²) in [6, 6.07) is 8.64. The van der Waals surface area contributed by atoms with Crippen molar-refractivity contribution >= 4 is 11.7 Å². The van der Waals surface area contributed by atoms with Crippen molar-refractivity contribution < 1.29 is 13.9 Å². The fourth-order valence-corrected chi connectivity index (χ4v) is 1.85. The van der Waals surface area contributed by atoms with Crippen LogP contribution in [-0.2, 0) is 6.54 Å². The minimum atomic E-state index is -0.664. The van der Waals surface area contributed by atoms with Gasteiger partial charge in [0.05, 0.1) is 12.7 Å². The number of hydrogen-bond acceptors (Lipinski definition) is 4. The molecule has 0 saturated heterocycles. The largest absolute Gasteiger partial charge is 0.497 e. The van der Waals surface area contributed by atoms with Crippen LogP contribution in [0, 0.1) is 5.82 Å². The highest BCUT2D eigenvalue weighted by Crippen LogP contribution is 2.15. The first-order valence-electron chi connectivity index (χ1n) is 6.39. The number of amides is 1. The first-order valence-corrected chi connectivity index (χ1v) is 6.39. The van der Waals surface area contributed by atoms with Gasteiger partial charge in [-0.05, 0) is 23.8 Å². The lowest BCUT2D eigenvalue weighted by molar-refractivity contribution is 0.0947. The third-order valence-corrected chi connectivity index (χ3v) is 2.96. The van der Waals surface area contributed by atoms with Crippen molar-refractivity contribution in [2.75, 3.05) is 19.5 Å². The van der Waals surface area contributed by atoms with Gasteiger partial charge in [0.25, 0.3) is 5.91 Å². The Bertz CT molecular complexity index is 647. The number of pyridine rings is 1. The number of benzene rings is 1. The van der Waals surface area contributed by atoms with Gasteiger partial charge in [0.2, 0.25) is 0 Å². The molecule has 0 aliphatic rings. The highest BCUT2D eigenvalue weighted by molar-refractivity contribution is 5.95. The van der Waals surface area contributed by atoms with Crippen LogP contribution in [0.3, 0.4) is 0 Å². The van der Waals surface area contributed by atoms with Gasteiger partial charge in [0.15, 0.2) is 11.6 Å². The van der Waals surface area contributed by atoms with E-state index in [1.165, 1.54) is 12.3 Å². The van der Waals surface area contributed by atoms with Crippen molar-refractivity contribution in [1.82, 2.24) is 10.3 Å². The summed E-state index contributed by atoms with van der Waals surface area (Å²) in [5, 5.41) is 5.27. The topological polar surface area (TPSA) is 63.2 Å². The molecule has 1 amide bonds. The monoisotopic (exact) mass is 289 g/mol. The molecule has 2 N–H and O–H groups in total. The predicted molar refractivity (Wildman–Crippen MR) is 77.9 cm³/mol. The van der Waals surface area contributed by atoms with E-state index in [-0.39, 0.29) is 17.9 Å². The first kappa shape index (κ1) is 14.8. The quantitative estimate of drug-likeness (QED) is 0.885. The summed E-state index contributed by atoms with van der Waals surface area (Å²) in [6.45, 7) is 0.284. The predicted octanol–water partition coefficient (Wildman–Crippen LogP) is 2.20. The van der Waals surface area contributed by atoms with Gasteiger partial charge < -0.3 is 15.4 Å². The van der Waals surface area contributed by atoms with Crippen LogP contribution in [0.25, 0.3) is 0 Å². The first-order chi connectivity index (χ1) is 10.2. The Labute approximate surface area is 122 Å². The van der Waals surface area contributed by atoms with Crippen LogP contribution in [0.5, 0.6) is 5.75 Å². The maximum absolute atomic E-state index is 14.0. The second-order valence-corrected chi connectivity index (χ2v) is 4.31. The summed E-state index contributed by atoms with van der Waals surface area (Å²) in [4.78, 5) is 15.8. The molecule has 0 aliphatic carbocycles. The SMILES string of the molecule is CNc1nccc(C(=O)NCc2cccc(OC)c2)c1F. The van der Waals surface area contributed by atoms with Gasteiger partial charge in [-0.1, -0.05) is 12.1 Å².